The lowest BCUT2D eigenvalue weighted by Gasteiger charge is -2.22. The van der Waals surface area contributed by atoms with Gasteiger partial charge >= 0.3 is 0 Å². The first-order valence-corrected chi connectivity index (χ1v) is 6.26. The molecule has 0 bridgehead atoms. The minimum absolute atomic E-state index is 0.138. The van der Waals surface area contributed by atoms with Crippen LogP contribution in [0.3, 0.4) is 0 Å². The Kier molecular flexibility index (Phi) is 5.09. The van der Waals surface area contributed by atoms with Crippen LogP contribution in [-0.4, -0.2) is 34.2 Å². The molecule has 86 valence electrons. The predicted octanol–water partition coefficient (Wildman–Crippen LogP) is 1.48. The smallest absolute Gasteiger partial charge is 0.140 e. The Morgan fingerprint density at radius 3 is 2.81 bits per heavy atom. The normalized spacial score (nSPS) is 13.9. The highest BCUT2D eigenvalue weighted by molar-refractivity contribution is 7.99. The maximum Gasteiger partial charge on any atom is 0.140 e. The molecule has 0 saturated carbocycles. The summed E-state index contributed by atoms with van der Waals surface area (Å²) in [7, 11) is 0. The molecule has 2 N–H and O–H groups in total. The number of thioether (sulfide) groups is 1. The van der Waals surface area contributed by atoms with Crippen molar-refractivity contribution in [1.82, 2.24) is 4.98 Å². The first-order valence-electron chi connectivity index (χ1n) is 4.97. The highest BCUT2D eigenvalue weighted by Gasteiger charge is 2.14. The molecule has 0 saturated heterocycles. The maximum absolute atomic E-state index is 9.14. The quantitative estimate of drug-likeness (QED) is 0.811. The van der Waals surface area contributed by atoms with Gasteiger partial charge in [-0.05, 0) is 25.3 Å². The average Bonchev–Trinajstić information content (AvgIpc) is 2.31. The SMILES string of the molecule is CSC(CO)C(C)Nc1ccc(C#N)nc1. The van der Waals surface area contributed by atoms with E-state index in [1.165, 1.54) is 0 Å². The van der Waals surface area contributed by atoms with Gasteiger partial charge < -0.3 is 10.4 Å². The monoisotopic (exact) mass is 237 g/mol. The third-order valence-corrected chi connectivity index (χ3v) is 3.48. The number of pyridine rings is 1. The lowest BCUT2D eigenvalue weighted by molar-refractivity contribution is 0.288. The van der Waals surface area contributed by atoms with E-state index in [4.69, 9.17) is 10.4 Å². The Labute approximate surface area is 99.7 Å². The summed E-state index contributed by atoms with van der Waals surface area (Å²) in [6, 6.07) is 5.60. The van der Waals surface area contributed by atoms with Gasteiger partial charge in [0, 0.05) is 11.3 Å². The zero-order valence-corrected chi connectivity index (χ0v) is 10.2. The van der Waals surface area contributed by atoms with Crippen LogP contribution in [0.15, 0.2) is 18.3 Å². The van der Waals surface area contributed by atoms with Crippen LogP contribution in [0, 0.1) is 11.3 Å². The van der Waals surface area contributed by atoms with Gasteiger partial charge in [0.25, 0.3) is 0 Å². The van der Waals surface area contributed by atoms with Crippen LogP contribution in [-0.2, 0) is 0 Å². The van der Waals surface area contributed by atoms with Crippen molar-refractivity contribution in [3.63, 3.8) is 0 Å². The second-order valence-electron chi connectivity index (χ2n) is 3.43. The summed E-state index contributed by atoms with van der Waals surface area (Å²) >= 11 is 1.62. The molecule has 0 fully saturated rings. The average molecular weight is 237 g/mol. The number of aliphatic hydroxyl groups excluding tert-OH is 1. The maximum atomic E-state index is 9.14. The van der Waals surface area contributed by atoms with Gasteiger partial charge in [0.15, 0.2) is 0 Å². The molecule has 0 amide bonds. The van der Waals surface area contributed by atoms with Gasteiger partial charge in [-0.3, -0.25) is 0 Å². The molecule has 0 aliphatic rings. The van der Waals surface area contributed by atoms with Crippen molar-refractivity contribution in [2.45, 2.75) is 18.2 Å². The molecule has 5 heteroatoms. The van der Waals surface area contributed by atoms with Crippen LogP contribution in [0.1, 0.15) is 12.6 Å². The van der Waals surface area contributed by atoms with Crippen molar-refractivity contribution in [3.8, 4) is 6.07 Å². The number of nitrogens with zero attached hydrogens (tertiary/aromatic N) is 2. The minimum Gasteiger partial charge on any atom is -0.395 e. The lowest BCUT2D eigenvalue weighted by Crippen LogP contribution is -2.30. The van der Waals surface area contributed by atoms with Crippen molar-refractivity contribution < 1.29 is 5.11 Å². The standard InChI is InChI=1S/C11H15N3OS/c1-8(11(7-15)16-2)14-10-4-3-9(5-12)13-6-10/h3-4,6,8,11,14-15H,7H2,1-2H3. The number of anilines is 1. The number of hydrogen-bond acceptors (Lipinski definition) is 5. The lowest BCUT2D eigenvalue weighted by atomic mass is 10.2. The highest BCUT2D eigenvalue weighted by atomic mass is 32.2. The molecule has 0 aliphatic heterocycles. The van der Waals surface area contributed by atoms with E-state index in [-0.39, 0.29) is 17.9 Å². The second-order valence-corrected chi connectivity index (χ2v) is 4.51. The number of nitrogens with one attached hydrogen (secondary N) is 1. The molecule has 0 radical (unpaired) electrons. The molecule has 1 aromatic heterocycles. The molecular formula is C11H15N3OS. The largest absolute Gasteiger partial charge is 0.395 e. The van der Waals surface area contributed by atoms with Crippen LogP contribution in [0.2, 0.25) is 0 Å². The van der Waals surface area contributed by atoms with E-state index < -0.39 is 0 Å². The Morgan fingerprint density at radius 2 is 2.38 bits per heavy atom. The zero-order valence-electron chi connectivity index (χ0n) is 9.34. The summed E-state index contributed by atoms with van der Waals surface area (Å²) in [6.07, 6.45) is 3.60. The molecule has 1 aromatic rings. The van der Waals surface area contributed by atoms with Crippen molar-refractivity contribution in [2.24, 2.45) is 0 Å². The van der Waals surface area contributed by atoms with Gasteiger partial charge in [0.2, 0.25) is 0 Å². The van der Waals surface area contributed by atoms with E-state index in [1.807, 2.05) is 25.3 Å². The zero-order chi connectivity index (χ0) is 12.0. The van der Waals surface area contributed by atoms with Crippen LogP contribution in [0.25, 0.3) is 0 Å². The fourth-order valence-electron chi connectivity index (χ4n) is 1.34. The van der Waals surface area contributed by atoms with Crippen LogP contribution in [0.5, 0.6) is 0 Å². The molecule has 4 nitrogen and oxygen atoms in total. The topological polar surface area (TPSA) is 68.9 Å². The summed E-state index contributed by atoms with van der Waals surface area (Å²) in [6.45, 7) is 2.15. The van der Waals surface area contributed by atoms with E-state index in [0.717, 1.165) is 5.69 Å². The fourth-order valence-corrected chi connectivity index (χ4v) is 1.96. The third-order valence-electron chi connectivity index (χ3n) is 2.31. The number of nitriles is 1. The fraction of sp³-hybridized carbons (Fsp3) is 0.455. The number of aromatic nitrogens is 1. The number of hydrogen-bond donors (Lipinski definition) is 2. The molecule has 16 heavy (non-hydrogen) atoms. The van der Waals surface area contributed by atoms with E-state index >= 15 is 0 Å². The molecule has 1 heterocycles. The summed E-state index contributed by atoms with van der Waals surface area (Å²) in [5.74, 6) is 0. The third kappa shape index (κ3) is 3.40. The predicted molar refractivity (Wildman–Crippen MR) is 66.4 cm³/mol. The summed E-state index contributed by atoms with van der Waals surface area (Å²) in [5.41, 5.74) is 1.26. The highest BCUT2D eigenvalue weighted by Crippen LogP contribution is 2.15. The molecule has 2 atom stereocenters. The van der Waals surface area contributed by atoms with Crippen LogP contribution >= 0.6 is 11.8 Å². The molecule has 0 aliphatic carbocycles. The number of aliphatic hydroxyl groups is 1. The number of rotatable bonds is 5. The van der Waals surface area contributed by atoms with E-state index in [9.17, 15) is 0 Å². The van der Waals surface area contributed by atoms with Gasteiger partial charge in [-0.15, -0.1) is 0 Å². The Morgan fingerprint density at radius 1 is 1.62 bits per heavy atom. The first-order chi connectivity index (χ1) is 7.71. The molecular weight excluding hydrogens is 222 g/mol. The van der Waals surface area contributed by atoms with Crippen molar-refractivity contribution >= 4 is 17.4 Å². The van der Waals surface area contributed by atoms with Gasteiger partial charge in [-0.25, -0.2) is 4.98 Å². The van der Waals surface area contributed by atoms with Crippen molar-refractivity contribution in [2.75, 3.05) is 18.2 Å². The molecule has 2 unspecified atom stereocenters. The second kappa shape index (κ2) is 6.36. The first kappa shape index (κ1) is 12.8. The Balaban J connectivity index is 2.62. The van der Waals surface area contributed by atoms with E-state index in [0.29, 0.717) is 5.69 Å². The minimum atomic E-state index is 0.138. The van der Waals surface area contributed by atoms with Crippen molar-refractivity contribution in [1.29, 1.82) is 5.26 Å². The van der Waals surface area contributed by atoms with Gasteiger partial charge in [-0.1, -0.05) is 0 Å². The van der Waals surface area contributed by atoms with E-state index in [1.54, 1.807) is 24.0 Å². The summed E-state index contributed by atoms with van der Waals surface area (Å²) < 4.78 is 0. The summed E-state index contributed by atoms with van der Waals surface area (Å²) in [4.78, 5) is 3.97. The Bertz CT molecular complexity index is 356. The van der Waals surface area contributed by atoms with Gasteiger partial charge in [-0.2, -0.15) is 17.0 Å². The van der Waals surface area contributed by atoms with Gasteiger partial charge in [0.1, 0.15) is 11.8 Å². The van der Waals surface area contributed by atoms with E-state index in [2.05, 4.69) is 10.3 Å². The van der Waals surface area contributed by atoms with Crippen LogP contribution < -0.4 is 5.32 Å². The molecule has 0 aromatic carbocycles. The molecule has 0 spiro atoms. The molecule has 1 rings (SSSR count). The van der Waals surface area contributed by atoms with Crippen LogP contribution in [0.4, 0.5) is 5.69 Å². The van der Waals surface area contributed by atoms with Crippen molar-refractivity contribution in [3.05, 3.63) is 24.0 Å². The van der Waals surface area contributed by atoms with Gasteiger partial charge in [0.05, 0.1) is 18.5 Å². The Hall–Kier alpha value is -1.25. The summed E-state index contributed by atoms with van der Waals surface area (Å²) in [5, 5.41) is 21.1.